The van der Waals surface area contributed by atoms with E-state index in [9.17, 15) is 19.7 Å². The molecule has 0 saturated carbocycles. The number of nitro benzene ring substituents is 1. The third-order valence-electron chi connectivity index (χ3n) is 3.64. The molecular formula is C15H19N3O5S. The fourth-order valence-corrected chi connectivity index (χ4v) is 3.25. The number of thioether (sulfide) groups is 1. The summed E-state index contributed by atoms with van der Waals surface area (Å²) in [5.74, 6) is 0.444. The number of aliphatic hydroxyl groups excluding tert-OH is 1. The minimum Gasteiger partial charge on any atom is -0.395 e. The first kappa shape index (κ1) is 18.2. The molecule has 1 aromatic carbocycles. The van der Waals surface area contributed by atoms with Crippen molar-refractivity contribution in [3.8, 4) is 0 Å². The lowest BCUT2D eigenvalue weighted by molar-refractivity contribution is -0.384. The Kier molecular flexibility index (Phi) is 6.16. The van der Waals surface area contributed by atoms with Gasteiger partial charge in [-0.05, 0) is 12.0 Å². The summed E-state index contributed by atoms with van der Waals surface area (Å²) in [6, 6.07) is 4.25. The Morgan fingerprint density at radius 3 is 2.92 bits per heavy atom. The Balaban J connectivity index is 2.24. The van der Waals surface area contributed by atoms with E-state index in [1.807, 2.05) is 0 Å². The number of nitro groups is 1. The average molecular weight is 353 g/mol. The van der Waals surface area contributed by atoms with Crippen molar-refractivity contribution >= 4 is 39.8 Å². The van der Waals surface area contributed by atoms with Crippen molar-refractivity contribution in [2.45, 2.75) is 13.3 Å². The van der Waals surface area contributed by atoms with Crippen molar-refractivity contribution in [3.05, 3.63) is 28.3 Å². The van der Waals surface area contributed by atoms with E-state index < -0.39 is 4.92 Å². The maximum Gasteiger partial charge on any atom is 0.271 e. The summed E-state index contributed by atoms with van der Waals surface area (Å²) in [5, 5.41) is 22.9. The van der Waals surface area contributed by atoms with E-state index in [-0.39, 0.29) is 35.8 Å². The van der Waals surface area contributed by atoms with E-state index in [0.29, 0.717) is 30.1 Å². The summed E-state index contributed by atoms with van der Waals surface area (Å²) in [4.78, 5) is 35.4. The van der Waals surface area contributed by atoms with Gasteiger partial charge in [0.15, 0.2) is 5.12 Å². The number of rotatable bonds is 7. The van der Waals surface area contributed by atoms with Crippen LogP contribution in [0.5, 0.6) is 0 Å². The molecule has 1 heterocycles. The molecule has 1 fully saturated rings. The van der Waals surface area contributed by atoms with Crippen LogP contribution in [-0.4, -0.2) is 46.5 Å². The molecule has 24 heavy (non-hydrogen) atoms. The number of hydrogen-bond donors (Lipinski definition) is 2. The Labute approximate surface area is 143 Å². The number of hydrogen-bond acceptors (Lipinski definition) is 7. The molecule has 1 unspecified atom stereocenters. The summed E-state index contributed by atoms with van der Waals surface area (Å²) >= 11 is 1.18. The minimum atomic E-state index is -0.511. The van der Waals surface area contributed by atoms with E-state index in [0.717, 1.165) is 0 Å². The van der Waals surface area contributed by atoms with E-state index >= 15 is 0 Å². The van der Waals surface area contributed by atoms with Gasteiger partial charge in [0.1, 0.15) is 0 Å². The number of non-ortho nitro benzene ring substituents is 1. The number of anilines is 2. The third-order valence-corrected chi connectivity index (χ3v) is 4.68. The molecule has 1 aromatic rings. The molecule has 9 heteroatoms. The van der Waals surface area contributed by atoms with E-state index in [2.05, 4.69) is 5.32 Å². The Hall–Kier alpha value is -2.13. The number of amides is 1. The van der Waals surface area contributed by atoms with Crippen molar-refractivity contribution in [1.82, 2.24) is 0 Å². The first-order valence-electron chi connectivity index (χ1n) is 7.49. The second-order valence-electron chi connectivity index (χ2n) is 5.49. The summed E-state index contributed by atoms with van der Waals surface area (Å²) in [7, 11) is 0. The van der Waals surface area contributed by atoms with Crippen LogP contribution >= 0.6 is 11.8 Å². The Morgan fingerprint density at radius 2 is 2.29 bits per heavy atom. The van der Waals surface area contributed by atoms with Gasteiger partial charge in [-0.25, -0.2) is 0 Å². The van der Waals surface area contributed by atoms with Gasteiger partial charge < -0.3 is 15.3 Å². The smallest absolute Gasteiger partial charge is 0.271 e. The summed E-state index contributed by atoms with van der Waals surface area (Å²) < 4.78 is 0. The second-order valence-corrected chi connectivity index (χ2v) is 6.68. The van der Waals surface area contributed by atoms with Crippen LogP contribution in [0.4, 0.5) is 17.1 Å². The summed E-state index contributed by atoms with van der Waals surface area (Å²) in [5.41, 5.74) is 0.884. The highest BCUT2D eigenvalue weighted by molar-refractivity contribution is 8.13. The van der Waals surface area contributed by atoms with Crippen LogP contribution in [0.25, 0.3) is 0 Å². The fourth-order valence-electron chi connectivity index (χ4n) is 2.56. The maximum atomic E-state index is 12.3. The molecule has 0 radical (unpaired) electrons. The Morgan fingerprint density at radius 1 is 1.54 bits per heavy atom. The van der Waals surface area contributed by atoms with Crippen LogP contribution in [0, 0.1) is 16.0 Å². The normalized spacial score (nSPS) is 17.2. The molecule has 130 valence electrons. The van der Waals surface area contributed by atoms with Crippen LogP contribution in [-0.2, 0) is 9.59 Å². The molecule has 1 saturated heterocycles. The third kappa shape index (κ3) is 4.45. The van der Waals surface area contributed by atoms with Crippen molar-refractivity contribution in [3.63, 3.8) is 0 Å². The molecular weight excluding hydrogens is 334 g/mol. The van der Waals surface area contributed by atoms with Gasteiger partial charge in [-0.1, -0.05) is 11.8 Å². The standard InChI is InChI=1S/C15H19N3O5S/c1-10(20)24-9-11-6-15(21)17(8-11)14-7-12(18(22)23)2-3-13(14)16-4-5-19/h2-3,7,11,16,19H,4-6,8-9H2,1H3. The zero-order chi connectivity index (χ0) is 17.7. The van der Waals surface area contributed by atoms with Crippen molar-refractivity contribution < 1.29 is 19.6 Å². The zero-order valence-electron chi connectivity index (χ0n) is 13.2. The predicted molar refractivity (Wildman–Crippen MR) is 92.3 cm³/mol. The van der Waals surface area contributed by atoms with Crippen molar-refractivity contribution in [2.75, 3.05) is 35.7 Å². The zero-order valence-corrected chi connectivity index (χ0v) is 14.0. The predicted octanol–water partition coefficient (Wildman–Crippen LogP) is 1.63. The second kappa shape index (κ2) is 8.11. The minimum absolute atomic E-state index is 0.00143. The monoisotopic (exact) mass is 353 g/mol. The summed E-state index contributed by atoms with van der Waals surface area (Å²) in [6.45, 7) is 2.07. The quantitative estimate of drug-likeness (QED) is 0.566. The van der Waals surface area contributed by atoms with Gasteiger partial charge in [-0.2, -0.15) is 0 Å². The maximum absolute atomic E-state index is 12.3. The molecule has 0 aliphatic carbocycles. The average Bonchev–Trinajstić information content (AvgIpc) is 2.91. The summed E-state index contributed by atoms with van der Waals surface area (Å²) in [6.07, 6.45) is 0.308. The van der Waals surface area contributed by atoms with Crippen LogP contribution in [0.2, 0.25) is 0 Å². The lowest BCUT2D eigenvalue weighted by atomic mass is 10.1. The van der Waals surface area contributed by atoms with Gasteiger partial charge in [-0.15, -0.1) is 0 Å². The topological polar surface area (TPSA) is 113 Å². The molecule has 1 atom stereocenters. The number of nitrogens with one attached hydrogen (secondary N) is 1. The first-order valence-corrected chi connectivity index (χ1v) is 8.47. The number of benzene rings is 1. The van der Waals surface area contributed by atoms with Gasteiger partial charge in [0, 0.05) is 44.3 Å². The lowest BCUT2D eigenvalue weighted by Crippen LogP contribution is -2.26. The highest BCUT2D eigenvalue weighted by Gasteiger charge is 2.32. The van der Waals surface area contributed by atoms with Crippen LogP contribution in [0.1, 0.15) is 13.3 Å². The number of carbonyl (C=O) groups is 2. The van der Waals surface area contributed by atoms with E-state index in [1.165, 1.54) is 41.8 Å². The molecule has 1 amide bonds. The van der Waals surface area contributed by atoms with Gasteiger partial charge in [-0.3, -0.25) is 19.7 Å². The molecule has 1 aliphatic rings. The van der Waals surface area contributed by atoms with Gasteiger partial charge in [0.2, 0.25) is 5.91 Å². The number of aliphatic hydroxyl groups is 1. The van der Waals surface area contributed by atoms with E-state index in [4.69, 9.17) is 5.11 Å². The van der Waals surface area contributed by atoms with Gasteiger partial charge in [0.05, 0.1) is 22.9 Å². The van der Waals surface area contributed by atoms with Crippen molar-refractivity contribution in [2.24, 2.45) is 5.92 Å². The molecule has 0 spiro atoms. The van der Waals surface area contributed by atoms with Crippen molar-refractivity contribution in [1.29, 1.82) is 0 Å². The molecule has 1 aliphatic heterocycles. The van der Waals surface area contributed by atoms with E-state index in [1.54, 1.807) is 0 Å². The molecule has 2 rings (SSSR count). The molecule has 0 bridgehead atoms. The molecule has 2 N–H and O–H groups in total. The SMILES string of the molecule is CC(=O)SCC1CC(=O)N(c2cc([N+](=O)[O-])ccc2NCCO)C1. The van der Waals surface area contributed by atoms with Crippen LogP contribution < -0.4 is 10.2 Å². The largest absolute Gasteiger partial charge is 0.395 e. The lowest BCUT2D eigenvalue weighted by Gasteiger charge is -2.21. The first-order chi connectivity index (χ1) is 11.4. The molecule has 0 aromatic heterocycles. The van der Waals surface area contributed by atoms with Gasteiger partial charge in [0.25, 0.3) is 5.69 Å². The number of carbonyl (C=O) groups excluding carboxylic acids is 2. The highest BCUT2D eigenvalue weighted by atomic mass is 32.2. The van der Waals surface area contributed by atoms with Crippen LogP contribution in [0.15, 0.2) is 18.2 Å². The highest BCUT2D eigenvalue weighted by Crippen LogP contribution is 2.35. The van der Waals surface area contributed by atoms with Gasteiger partial charge >= 0.3 is 0 Å². The molecule has 8 nitrogen and oxygen atoms in total. The number of nitrogens with zero attached hydrogens (tertiary/aromatic N) is 2. The van der Waals surface area contributed by atoms with Crippen LogP contribution in [0.3, 0.4) is 0 Å². The fraction of sp³-hybridized carbons (Fsp3) is 0.467. The Bertz CT molecular complexity index is 652.